The fourth-order valence-electron chi connectivity index (χ4n) is 3.08. The summed E-state index contributed by atoms with van der Waals surface area (Å²) in [6.07, 6.45) is 5.13. The fraction of sp³-hybridized carbons (Fsp3) is 0.875. The van der Waals surface area contributed by atoms with Gasteiger partial charge in [-0.2, -0.15) is 0 Å². The normalized spacial score (nSPS) is 26.5. The zero-order chi connectivity index (χ0) is 15.4. The van der Waals surface area contributed by atoms with Gasteiger partial charge < -0.3 is 9.88 Å². The summed E-state index contributed by atoms with van der Waals surface area (Å²) in [5, 5.41) is 14.0. The third-order valence-electron chi connectivity index (χ3n) is 4.74. The molecule has 1 saturated carbocycles. The van der Waals surface area contributed by atoms with Crippen molar-refractivity contribution in [1.29, 1.82) is 0 Å². The zero-order valence-electron chi connectivity index (χ0n) is 14.1. The first-order valence-electron chi connectivity index (χ1n) is 8.29. The van der Waals surface area contributed by atoms with Crippen LogP contribution in [0.5, 0.6) is 0 Å². The Morgan fingerprint density at radius 3 is 2.67 bits per heavy atom. The Morgan fingerprint density at radius 2 is 2.10 bits per heavy atom. The third kappa shape index (κ3) is 4.22. The monoisotopic (exact) mass is 310 g/mol. The van der Waals surface area contributed by atoms with E-state index >= 15 is 0 Å². The molecule has 4 nitrogen and oxygen atoms in total. The number of rotatable bonds is 6. The molecule has 0 amide bonds. The molecule has 3 unspecified atom stereocenters. The molecule has 1 aliphatic carbocycles. The molecule has 0 spiro atoms. The van der Waals surface area contributed by atoms with E-state index in [9.17, 15) is 0 Å². The van der Waals surface area contributed by atoms with Crippen LogP contribution in [-0.2, 0) is 7.05 Å². The Kier molecular flexibility index (Phi) is 6.11. The van der Waals surface area contributed by atoms with Gasteiger partial charge in [-0.3, -0.25) is 0 Å². The molecule has 1 aromatic rings. The summed E-state index contributed by atoms with van der Waals surface area (Å²) in [6, 6.07) is 0.613. The van der Waals surface area contributed by atoms with E-state index in [0.717, 1.165) is 29.4 Å². The Labute approximate surface area is 133 Å². The standard InChI is InChI=1S/C16H30N4S/c1-6-9-17-14-8-7-13(11(2)3)10-15(14)21-16-19-18-12(4)20(16)5/h11,13-15,17H,6-10H2,1-5H3. The van der Waals surface area contributed by atoms with Crippen LogP contribution in [0.2, 0.25) is 0 Å². The lowest BCUT2D eigenvalue weighted by molar-refractivity contribution is 0.246. The average molecular weight is 311 g/mol. The van der Waals surface area contributed by atoms with Crippen LogP contribution in [0.4, 0.5) is 0 Å². The number of aryl methyl sites for hydroxylation is 1. The molecule has 5 heteroatoms. The van der Waals surface area contributed by atoms with Crippen molar-refractivity contribution in [1.82, 2.24) is 20.1 Å². The molecule has 3 atom stereocenters. The van der Waals surface area contributed by atoms with Gasteiger partial charge in [0.15, 0.2) is 5.16 Å². The van der Waals surface area contributed by atoms with Gasteiger partial charge in [0.05, 0.1) is 0 Å². The van der Waals surface area contributed by atoms with Crippen molar-refractivity contribution in [3.8, 4) is 0 Å². The Balaban J connectivity index is 2.07. The van der Waals surface area contributed by atoms with Crippen molar-refractivity contribution >= 4 is 11.8 Å². The van der Waals surface area contributed by atoms with Gasteiger partial charge in [0, 0.05) is 18.3 Å². The Bertz CT molecular complexity index is 443. The van der Waals surface area contributed by atoms with Gasteiger partial charge in [-0.1, -0.05) is 32.5 Å². The van der Waals surface area contributed by atoms with Crippen LogP contribution in [0, 0.1) is 18.8 Å². The van der Waals surface area contributed by atoms with E-state index in [2.05, 4.69) is 47.9 Å². The van der Waals surface area contributed by atoms with E-state index in [-0.39, 0.29) is 0 Å². The van der Waals surface area contributed by atoms with Crippen LogP contribution in [0.15, 0.2) is 5.16 Å². The molecule has 1 aliphatic rings. The SMILES string of the molecule is CCCNC1CCC(C(C)C)CC1Sc1nnc(C)n1C. The molecule has 2 rings (SSSR count). The van der Waals surface area contributed by atoms with Crippen LogP contribution in [0.3, 0.4) is 0 Å². The number of nitrogens with one attached hydrogen (secondary N) is 1. The van der Waals surface area contributed by atoms with E-state index < -0.39 is 0 Å². The molecule has 1 fully saturated rings. The van der Waals surface area contributed by atoms with Gasteiger partial charge in [-0.25, -0.2) is 0 Å². The summed E-state index contributed by atoms with van der Waals surface area (Å²) in [7, 11) is 2.06. The van der Waals surface area contributed by atoms with Crippen molar-refractivity contribution in [3.63, 3.8) is 0 Å². The smallest absolute Gasteiger partial charge is 0.191 e. The third-order valence-corrected chi connectivity index (χ3v) is 6.13. The molecular weight excluding hydrogens is 280 g/mol. The molecular formula is C16H30N4S. The highest BCUT2D eigenvalue weighted by Gasteiger charge is 2.33. The van der Waals surface area contributed by atoms with Crippen molar-refractivity contribution in [3.05, 3.63) is 5.82 Å². The van der Waals surface area contributed by atoms with E-state index in [0.29, 0.717) is 11.3 Å². The van der Waals surface area contributed by atoms with Crippen molar-refractivity contribution in [2.75, 3.05) is 6.54 Å². The summed E-state index contributed by atoms with van der Waals surface area (Å²) in [4.78, 5) is 0. The second kappa shape index (κ2) is 7.63. The molecule has 0 aliphatic heterocycles. The lowest BCUT2D eigenvalue weighted by Gasteiger charge is -2.37. The number of aromatic nitrogens is 3. The molecule has 21 heavy (non-hydrogen) atoms. The summed E-state index contributed by atoms with van der Waals surface area (Å²) in [5.74, 6) is 2.62. The fourth-order valence-corrected chi connectivity index (χ4v) is 4.47. The highest BCUT2D eigenvalue weighted by molar-refractivity contribution is 7.99. The van der Waals surface area contributed by atoms with Gasteiger partial charge in [0.1, 0.15) is 5.82 Å². The predicted octanol–water partition coefficient (Wildman–Crippen LogP) is 3.41. The summed E-state index contributed by atoms with van der Waals surface area (Å²) in [5.41, 5.74) is 0. The lowest BCUT2D eigenvalue weighted by atomic mass is 9.79. The molecule has 0 bridgehead atoms. The quantitative estimate of drug-likeness (QED) is 0.874. The van der Waals surface area contributed by atoms with Gasteiger partial charge in [-0.15, -0.1) is 10.2 Å². The molecule has 0 radical (unpaired) electrons. The number of hydrogen-bond acceptors (Lipinski definition) is 4. The second-order valence-corrected chi connectivity index (χ2v) is 7.83. The van der Waals surface area contributed by atoms with E-state index in [1.807, 2.05) is 18.7 Å². The topological polar surface area (TPSA) is 42.7 Å². The van der Waals surface area contributed by atoms with Crippen molar-refractivity contribution in [2.45, 2.75) is 69.8 Å². The summed E-state index contributed by atoms with van der Waals surface area (Å²) in [6.45, 7) is 10.1. The number of nitrogens with zero attached hydrogens (tertiary/aromatic N) is 3. The Morgan fingerprint density at radius 1 is 1.33 bits per heavy atom. The van der Waals surface area contributed by atoms with Crippen LogP contribution >= 0.6 is 11.8 Å². The van der Waals surface area contributed by atoms with Crippen LogP contribution in [0.25, 0.3) is 0 Å². The molecule has 0 saturated heterocycles. The highest BCUT2D eigenvalue weighted by Crippen LogP contribution is 2.38. The van der Waals surface area contributed by atoms with E-state index in [1.54, 1.807) is 0 Å². The lowest BCUT2D eigenvalue weighted by Crippen LogP contribution is -2.43. The second-order valence-electron chi connectivity index (χ2n) is 6.62. The average Bonchev–Trinajstić information content (AvgIpc) is 2.77. The van der Waals surface area contributed by atoms with Gasteiger partial charge in [-0.05, 0) is 51.0 Å². The van der Waals surface area contributed by atoms with Crippen molar-refractivity contribution in [2.24, 2.45) is 18.9 Å². The van der Waals surface area contributed by atoms with Crippen molar-refractivity contribution < 1.29 is 0 Å². The minimum atomic E-state index is 0.611. The molecule has 120 valence electrons. The first-order chi connectivity index (χ1) is 10.0. The van der Waals surface area contributed by atoms with Crippen LogP contribution in [0.1, 0.15) is 52.3 Å². The number of thioether (sulfide) groups is 1. The summed E-state index contributed by atoms with van der Waals surface area (Å²) < 4.78 is 2.11. The predicted molar refractivity (Wildman–Crippen MR) is 89.6 cm³/mol. The molecule has 1 N–H and O–H groups in total. The first kappa shape index (κ1) is 16.8. The first-order valence-corrected chi connectivity index (χ1v) is 9.16. The van der Waals surface area contributed by atoms with Gasteiger partial charge in [0.2, 0.25) is 0 Å². The van der Waals surface area contributed by atoms with Crippen LogP contribution in [-0.4, -0.2) is 32.6 Å². The maximum Gasteiger partial charge on any atom is 0.191 e. The van der Waals surface area contributed by atoms with Gasteiger partial charge >= 0.3 is 0 Å². The molecule has 1 aromatic heterocycles. The van der Waals surface area contributed by atoms with Crippen LogP contribution < -0.4 is 5.32 Å². The zero-order valence-corrected chi connectivity index (χ0v) is 14.9. The number of hydrogen-bond donors (Lipinski definition) is 1. The van der Waals surface area contributed by atoms with E-state index in [1.165, 1.54) is 25.7 Å². The maximum absolute atomic E-state index is 4.34. The van der Waals surface area contributed by atoms with Gasteiger partial charge in [0.25, 0.3) is 0 Å². The largest absolute Gasteiger partial charge is 0.313 e. The highest BCUT2D eigenvalue weighted by atomic mass is 32.2. The molecule has 0 aromatic carbocycles. The minimum Gasteiger partial charge on any atom is -0.313 e. The van der Waals surface area contributed by atoms with E-state index in [4.69, 9.17) is 0 Å². The summed E-state index contributed by atoms with van der Waals surface area (Å²) >= 11 is 1.92. The minimum absolute atomic E-state index is 0.611. The maximum atomic E-state index is 4.34. The Hall–Kier alpha value is -0.550. The molecule has 1 heterocycles.